The first-order chi connectivity index (χ1) is 7.57. The molecule has 1 saturated heterocycles. The number of amides is 1. The number of nitrogens with zero attached hydrogens (tertiary/aromatic N) is 1. The number of aliphatic carboxylic acids is 1. The molecule has 0 saturated carbocycles. The van der Waals surface area contributed by atoms with Gasteiger partial charge in [-0.1, -0.05) is 0 Å². The number of carbonyl (C=O) groups is 2. The van der Waals surface area contributed by atoms with Crippen molar-refractivity contribution in [2.45, 2.75) is 18.9 Å². The summed E-state index contributed by atoms with van der Waals surface area (Å²) >= 11 is 0. The van der Waals surface area contributed by atoms with Crippen molar-refractivity contribution in [1.82, 2.24) is 4.90 Å². The van der Waals surface area contributed by atoms with Crippen molar-refractivity contribution in [3.8, 4) is 0 Å². The highest BCUT2D eigenvalue weighted by Crippen LogP contribution is 2.22. The minimum absolute atomic E-state index is 0.0738. The van der Waals surface area contributed by atoms with Crippen LogP contribution < -0.4 is 0 Å². The minimum Gasteiger partial charge on any atom is -0.480 e. The third-order valence-electron chi connectivity index (χ3n) is 2.85. The third-order valence-corrected chi connectivity index (χ3v) is 2.85. The van der Waals surface area contributed by atoms with Crippen LogP contribution in [0.5, 0.6) is 0 Å². The van der Waals surface area contributed by atoms with Crippen LogP contribution in [-0.2, 0) is 14.3 Å². The Morgan fingerprint density at radius 2 is 2.00 bits per heavy atom. The second-order valence-electron chi connectivity index (χ2n) is 3.81. The fraction of sp³-hybridized carbons (Fsp3) is 0.800. The van der Waals surface area contributed by atoms with Crippen molar-refractivity contribution in [3.05, 3.63) is 0 Å². The largest absolute Gasteiger partial charge is 0.480 e. The fourth-order valence-corrected chi connectivity index (χ4v) is 1.97. The second kappa shape index (κ2) is 5.69. The highest BCUT2D eigenvalue weighted by molar-refractivity contribution is 5.80. The van der Waals surface area contributed by atoms with Gasteiger partial charge in [0.2, 0.25) is 0 Å². The normalized spacial score (nSPS) is 18.9. The molecule has 0 aromatic carbocycles. The van der Waals surface area contributed by atoms with E-state index in [0.29, 0.717) is 26.1 Å². The molecule has 6 heteroatoms. The molecule has 1 fully saturated rings. The molecule has 1 aliphatic rings. The Bertz CT molecular complexity index is 262. The summed E-state index contributed by atoms with van der Waals surface area (Å²) in [5, 5.41) is 9.15. The Balaban J connectivity index is 2.72. The van der Waals surface area contributed by atoms with Crippen LogP contribution in [0.15, 0.2) is 0 Å². The molecule has 1 aliphatic heterocycles. The SMILES string of the molecule is COC(=O)N(C)[C@H](C(=O)O)C1CCOCC1. The van der Waals surface area contributed by atoms with E-state index in [9.17, 15) is 9.59 Å². The van der Waals surface area contributed by atoms with Gasteiger partial charge >= 0.3 is 12.1 Å². The summed E-state index contributed by atoms with van der Waals surface area (Å²) in [5.41, 5.74) is 0. The number of carboxylic acid groups (broad SMARTS) is 1. The zero-order valence-corrected chi connectivity index (χ0v) is 9.51. The Morgan fingerprint density at radius 1 is 1.44 bits per heavy atom. The maximum Gasteiger partial charge on any atom is 0.409 e. The molecule has 0 aromatic rings. The molecular weight excluding hydrogens is 214 g/mol. The Kier molecular flexibility index (Phi) is 4.54. The van der Waals surface area contributed by atoms with Crippen LogP contribution in [0.25, 0.3) is 0 Å². The zero-order chi connectivity index (χ0) is 12.1. The van der Waals surface area contributed by atoms with Crippen LogP contribution in [-0.4, -0.2) is 55.5 Å². The molecule has 92 valence electrons. The van der Waals surface area contributed by atoms with Gasteiger partial charge < -0.3 is 14.6 Å². The highest BCUT2D eigenvalue weighted by Gasteiger charge is 2.35. The van der Waals surface area contributed by atoms with Crippen molar-refractivity contribution >= 4 is 12.1 Å². The lowest BCUT2D eigenvalue weighted by Crippen LogP contribution is -2.48. The Morgan fingerprint density at radius 3 is 2.44 bits per heavy atom. The van der Waals surface area contributed by atoms with E-state index < -0.39 is 18.1 Å². The van der Waals surface area contributed by atoms with Crippen LogP contribution in [0.1, 0.15) is 12.8 Å². The maximum absolute atomic E-state index is 11.3. The number of hydrogen-bond donors (Lipinski definition) is 1. The molecule has 0 unspecified atom stereocenters. The smallest absolute Gasteiger partial charge is 0.409 e. The number of rotatable bonds is 3. The first-order valence-electron chi connectivity index (χ1n) is 5.19. The van der Waals surface area contributed by atoms with Gasteiger partial charge in [0.15, 0.2) is 0 Å². The van der Waals surface area contributed by atoms with Crippen LogP contribution >= 0.6 is 0 Å². The van der Waals surface area contributed by atoms with E-state index in [4.69, 9.17) is 9.84 Å². The van der Waals surface area contributed by atoms with Gasteiger partial charge in [0.25, 0.3) is 0 Å². The third kappa shape index (κ3) is 2.85. The number of methoxy groups -OCH3 is 1. The quantitative estimate of drug-likeness (QED) is 0.768. The monoisotopic (exact) mass is 231 g/mol. The van der Waals surface area contributed by atoms with E-state index >= 15 is 0 Å². The van der Waals surface area contributed by atoms with Gasteiger partial charge in [-0.2, -0.15) is 0 Å². The van der Waals surface area contributed by atoms with Crippen LogP contribution in [0.4, 0.5) is 4.79 Å². The van der Waals surface area contributed by atoms with Gasteiger partial charge in [-0.15, -0.1) is 0 Å². The summed E-state index contributed by atoms with van der Waals surface area (Å²) < 4.78 is 9.69. The van der Waals surface area contributed by atoms with Gasteiger partial charge in [0.1, 0.15) is 6.04 Å². The predicted octanol–water partition coefficient (Wildman–Crippen LogP) is 0.564. The van der Waals surface area contributed by atoms with Crippen molar-refractivity contribution in [2.75, 3.05) is 27.4 Å². The fourth-order valence-electron chi connectivity index (χ4n) is 1.97. The van der Waals surface area contributed by atoms with E-state index in [0.717, 1.165) is 4.90 Å². The number of ether oxygens (including phenoxy) is 2. The molecule has 0 aliphatic carbocycles. The molecule has 0 aromatic heterocycles. The highest BCUT2D eigenvalue weighted by atomic mass is 16.5. The van der Waals surface area contributed by atoms with Crippen LogP contribution in [0.2, 0.25) is 0 Å². The van der Waals surface area contributed by atoms with Gasteiger partial charge in [-0.25, -0.2) is 9.59 Å². The lowest BCUT2D eigenvalue weighted by atomic mass is 9.91. The van der Waals surface area contributed by atoms with Crippen molar-refractivity contribution in [2.24, 2.45) is 5.92 Å². The summed E-state index contributed by atoms with van der Waals surface area (Å²) in [4.78, 5) is 23.6. The topological polar surface area (TPSA) is 76.1 Å². The molecule has 1 amide bonds. The average molecular weight is 231 g/mol. The molecular formula is C10H17NO5. The van der Waals surface area contributed by atoms with Gasteiger partial charge in [0.05, 0.1) is 7.11 Å². The molecule has 1 heterocycles. The summed E-state index contributed by atoms with van der Waals surface area (Å²) in [6.07, 6.45) is 0.676. The summed E-state index contributed by atoms with van der Waals surface area (Å²) in [5.74, 6) is -1.07. The van der Waals surface area contributed by atoms with Gasteiger partial charge in [0, 0.05) is 20.3 Å². The van der Waals surface area contributed by atoms with Gasteiger partial charge in [-0.05, 0) is 18.8 Å². The zero-order valence-electron chi connectivity index (χ0n) is 9.51. The first-order valence-corrected chi connectivity index (χ1v) is 5.19. The van der Waals surface area contributed by atoms with Gasteiger partial charge in [-0.3, -0.25) is 4.90 Å². The first kappa shape index (κ1) is 12.8. The number of carbonyl (C=O) groups excluding carboxylic acids is 1. The van der Waals surface area contributed by atoms with E-state index in [1.807, 2.05) is 0 Å². The van der Waals surface area contributed by atoms with E-state index in [1.54, 1.807) is 0 Å². The average Bonchev–Trinajstić information content (AvgIpc) is 2.29. The minimum atomic E-state index is -1.00. The number of hydrogen-bond acceptors (Lipinski definition) is 4. The van der Waals surface area contributed by atoms with Crippen LogP contribution in [0, 0.1) is 5.92 Å². The van der Waals surface area contributed by atoms with Crippen molar-refractivity contribution in [1.29, 1.82) is 0 Å². The Hall–Kier alpha value is -1.30. The summed E-state index contributed by atoms with van der Waals surface area (Å²) in [7, 11) is 2.68. The molecule has 16 heavy (non-hydrogen) atoms. The maximum atomic E-state index is 11.3. The summed E-state index contributed by atoms with van der Waals surface area (Å²) in [6.45, 7) is 1.09. The van der Waals surface area contributed by atoms with Crippen molar-refractivity contribution in [3.63, 3.8) is 0 Å². The number of carboxylic acids is 1. The van der Waals surface area contributed by atoms with E-state index in [1.165, 1.54) is 14.2 Å². The Labute approximate surface area is 94.1 Å². The van der Waals surface area contributed by atoms with E-state index in [2.05, 4.69) is 4.74 Å². The molecule has 1 atom stereocenters. The molecule has 0 bridgehead atoms. The molecule has 1 N–H and O–H groups in total. The molecule has 1 rings (SSSR count). The lowest BCUT2D eigenvalue weighted by molar-refractivity contribution is -0.145. The molecule has 0 spiro atoms. The molecule has 0 radical (unpaired) electrons. The second-order valence-corrected chi connectivity index (χ2v) is 3.81. The van der Waals surface area contributed by atoms with Crippen molar-refractivity contribution < 1.29 is 24.2 Å². The standard InChI is InChI=1S/C10H17NO5/c1-11(10(14)15-2)8(9(12)13)7-3-5-16-6-4-7/h7-8H,3-6H2,1-2H3,(H,12,13)/t8-/m0/s1. The predicted molar refractivity (Wildman–Crippen MR) is 55.1 cm³/mol. The molecule has 6 nitrogen and oxygen atoms in total. The van der Waals surface area contributed by atoms with E-state index in [-0.39, 0.29) is 5.92 Å². The van der Waals surface area contributed by atoms with Crippen LogP contribution in [0.3, 0.4) is 0 Å². The number of likely N-dealkylation sites (N-methyl/N-ethyl adjacent to an activating group) is 1. The summed E-state index contributed by atoms with van der Waals surface area (Å²) in [6, 6.07) is -0.837. The lowest BCUT2D eigenvalue weighted by Gasteiger charge is -2.32.